The Morgan fingerprint density at radius 3 is 2.57 bits per heavy atom. The largest absolute Gasteiger partial charge is 0.327 e. The number of rotatable bonds is 6. The summed E-state index contributed by atoms with van der Waals surface area (Å²) in [6.07, 6.45) is 7.06. The van der Waals surface area contributed by atoms with Crippen LogP contribution in [0.5, 0.6) is 0 Å². The van der Waals surface area contributed by atoms with E-state index in [0.717, 1.165) is 11.7 Å². The fourth-order valence-corrected chi connectivity index (χ4v) is 3.42. The van der Waals surface area contributed by atoms with Crippen LogP contribution in [-0.4, -0.2) is 17.5 Å². The summed E-state index contributed by atoms with van der Waals surface area (Å²) in [5.41, 5.74) is 6.09. The quantitative estimate of drug-likeness (QED) is 0.736. The summed E-state index contributed by atoms with van der Waals surface area (Å²) in [6.45, 7) is 4.49. The average molecular weight is 215 g/mol. The maximum absolute atomic E-state index is 6.09. The van der Waals surface area contributed by atoms with Crippen LogP contribution in [0.25, 0.3) is 0 Å². The lowest BCUT2D eigenvalue weighted by molar-refractivity contribution is 0.475. The van der Waals surface area contributed by atoms with Crippen molar-refractivity contribution in [2.24, 2.45) is 17.6 Å². The Labute approximate surface area is 93.2 Å². The van der Waals surface area contributed by atoms with Crippen molar-refractivity contribution in [2.45, 2.75) is 52.0 Å². The van der Waals surface area contributed by atoms with Crippen LogP contribution in [-0.2, 0) is 0 Å². The van der Waals surface area contributed by atoms with E-state index in [-0.39, 0.29) is 0 Å². The molecule has 0 bridgehead atoms. The second-order valence-corrected chi connectivity index (χ2v) is 5.81. The molecule has 1 fully saturated rings. The monoisotopic (exact) mass is 215 g/mol. The van der Waals surface area contributed by atoms with Gasteiger partial charge in [-0.3, -0.25) is 0 Å². The first-order valence-corrected chi connectivity index (χ1v) is 7.22. The van der Waals surface area contributed by atoms with Gasteiger partial charge in [0.15, 0.2) is 0 Å². The predicted octanol–water partition coefficient (Wildman–Crippen LogP) is 3.28. The smallest absolute Gasteiger partial charge is 0.0156 e. The van der Waals surface area contributed by atoms with Gasteiger partial charge in [0.05, 0.1) is 0 Å². The summed E-state index contributed by atoms with van der Waals surface area (Å²) in [6, 6.07) is 0.409. The summed E-state index contributed by atoms with van der Waals surface area (Å²) < 4.78 is 0. The Morgan fingerprint density at radius 2 is 2.00 bits per heavy atom. The normalized spacial score (nSPS) is 22.5. The zero-order valence-electron chi connectivity index (χ0n) is 9.67. The maximum atomic E-state index is 6.09. The second-order valence-electron chi connectivity index (χ2n) is 4.74. The van der Waals surface area contributed by atoms with E-state index in [1.54, 1.807) is 0 Å². The minimum atomic E-state index is 0.409. The van der Waals surface area contributed by atoms with Crippen LogP contribution >= 0.6 is 11.8 Å². The lowest BCUT2D eigenvalue weighted by Gasteiger charge is -2.18. The third kappa shape index (κ3) is 4.22. The molecule has 0 aromatic rings. The standard InChI is InChI=1S/C12H25NS/c1-3-10(2)12(13)9-14-8-11-6-4-5-7-11/h10-12H,3-9,13H2,1-2H3. The van der Waals surface area contributed by atoms with Crippen LogP contribution in [0.2, 0.25) is 0 Å². The first kappa shape index (κ1) is 12.4. The van der Waals surface area contributed by atoms with Crippen molar-refractivity contribution < 1.29 is 0 Å². The van der Waals surface area contributed by atoms with E-state index in [4.69, 9.17) is 5.73 Å². The van der Waals surface area contributed by atoms with Gasteiger partial charge in [0, 0.05) is 11.8 Å². The van der Waals surface area contributed by atoms with Gasteiger partial charge in [-0.1, -0.05) is 33.1 Å². The first-order valence-electron chi connectivity index (χ1n) is 6.07. The van der Waals surface area contributed by atoms with Crippen LogP contribution in [0.3, 0.4) is 0 Å². The first-order chi connectivity index (χ1) is 6.74. The van der Waals surface area contributed by atoms with Crippen LogP contribution in [0.15, 0.2) is 0 Å². The molecule has 0 aliphatic heterocycles. The molecule has 2 N–H and O–H groups in total. The molecular formula is C12H25NS. The Hall–Kier alpha value is 0.310. The number of hydrogen-bond acceptors (Lipinski definition) is 2. The van der Waals surface area contributed by atoms with Gasteiger partial charge in [0.1, 0.15) is 0 Å². The molecule has 1 saturated carbocycles. The van der Waals surface area contributed by atoms with Crippen LogP contribution in [0.4, 0.5) is 0 Å². The Balaban J connectivity index is 2.02. The molecule has 0 heterocycles. The SMILES string of the molecule is CCC(C)C(N)CSCC1CCCC1. The van der Waals surface area contributed by atoms with Gasteiger partial charge in [-0.25, -0.2) is 0 Å². The lowest BCUT2D eigenvalue weighted by Crippen LogP contribution is -2.30. The van der Waals surface area contributed by atoms with Crippen LogP contribution < -0.4 is 5.73 Å². The zero-order chi connectivity index (χ0) is 10.4. The van der Waals surface area contributed by atoms with Crippen molar-refractivity contribution in [2.75, 3.05) is 11.5 Å². The van der Waals surface area contributed by atoms with Crippen LogP contribution in [0, 0.1) is 11.8 Å². The van der Waals surface area contributed by atoms with Crippen molar-refractivity contribution in [3.05, 3.63) is 0 Å². The molecule has 0 aromatic heterocycles. The number of hydrogen-bond donors (Lipinski definition) is 1. The van der Waals surface area contributed by atoms with Gasteiger partial charge < -0.3 is 5.73 Å². The Bertz CT molecular complexity index is 143. The molecule has 0 aromatic carbocycles. The third-order valence-electron chi connectivity index (χ3n) is 3.51. The van der Waals surface area contributed by atoms with Crippen molar-refractivity contribution in [3.8, 4) is 0 Å². The second kappa shape index (κ2) is 6.73. The van der Waals surface area contributed by atoms with E-state index < -0.39 is 0 Å². The third-order valence-corrected chi connectivity index (χ3v) is 4.84. The van der Waals surface area contributed by atoms with E-state index in [1.165, 1.54) is 37.9 Å². The molecule has 14 heavy (non-hydrogen) atoms. The fraction of sp³-hybridized carbons (Fsp3) is 1.00. The molecule has 0 spiro atoms. The minimum absolute atomic E-state index is 0.409. The molecule has 2 heteroatoms. The van der Waals surface area contributed by atoms with E-state index in [2.05, 4.69) is 25.6 Å². The van der Waals surface area contributed by atoms with Gasteiger partial charge >= 0.3 is 0 Å². The Morgan fingerprint density at radius 1 is 1.36 bits per heavy atom. The van der Waals surface area contributed by atoms with E-state index >= 15 is 0 Å². The molecule has 0 saturated heterocycles. The molecule has 0 amide bonds. The van der Waals surface area contributed by atoms with E-state index in [1.807, 2.05) is 0 Å². The molecule has 2 atom stereocenters. The highest BCUT2D eigenvalue weighted by Crippen LogP contribution is 2.28. The van der Waals surface area contributed by atoms with E-state index in [0.29, 0.717) is 12.0 Å². The predicted molar refractivity (Wildman–Crippen MR) is 66.7 cm³/mol. The summed E-state index contributed by atoms with van der Waals surface area (Å²) >= 11 is 2.08. The Kier molecular flexibility index (Phi) is 5.95. The zero-order valence-corrected chi connectivity index (χ0v) is 10.5. The highest BCUT2D eigenvalue weighted by Gasteiger charge is 2.16. The molecule has 1 aliphatic carbocycles. The molecule has 1 rings (SSSR count). The maximum Gasteiger partial charge on any atom is 0.0156 e. The van der Waals surface area contributed by atoms with Gasteiger partial charge in [-0.05, 0) is 30.4 Å². The summed E-state index contributed by atoms with van der Waals surface area (Å²) in [4.78, 5) is 0. The van der Waals surface area contributed by atoms with E-state index in [9.17, 15) is 0 Å². The molecule has 84 valence electrons. The molecule has 2 unspecified atom stereocenters. The minimum Gasteiger partial charge on any atom is -0.327 e. The summed E-state index contributed by atoms with van der Waals surface area (Å²) in [5, 5.41) is 0. The van der Waals surface area contributed by atoms with Gasteiger partial charge in [0.2, 0.25) is 0 Å². The molecule has 1 nitrogen and oxygen atoms in total. The number of nitrogens with two attached hydrogens (primary N) is 1. The summed E-state index contributed by atoms with van der Waals surface area (Å²) in [5.74, 6) is 4.20. The molecule has 0 radical (unpaired) electrons. The average Bonchev–Trinajstić information content (AvgIpc) is 2.69. The fourth-order valence-electron chi connectivity index (χ4n) is 2.01. The van der Waals surface area contributed by atoms with Gasteiger partial charge in [-0.2, -0.15) is 11.8 Å². The summed E-state index contributed by atoms with van der Waals surface area (Å²) in [7, 11) is 0. The van der Waals surface area contributed by atoms with Crippen molar-refractivity contribution in [1.29, 1.82) is 0 Å². The van der Waals surface area contributed by atoms with Crippen LogP contribution in [0.1, 0.15) is 46.0 Å². The van der Waals surface area contributed by atoms with Gasteiger partial charge in [0.25, 0.3) is 0 Å². The van der Waals surface area contributed by atoms with Crippen molar-refractivity contribution in [1.82, 2.24) is 0 Å². The number of thioether (sulfide) groups is 1. The lowest BCUT2D eigenvalue weighted by atomic mass is 10.0. The molecular weight excluding hydrogens is 190 g/mol. The van der Waals surface area contributed by atoms with Crippen molar-refractivity contribution in [3.63, 3.8) is 0 Å². The van der Waals surface area contributed by atoms with Gasteiger partial charge in [-0.15, -0.1) is 0 Å². The molecule has 1 aliphatic rings. The highest BCUT2D eigenvalue weighted by molar-refractivity contribution is 7.99. The van der Waals surface area contributed by atoms with Crippen molar-refractivity contribution >= 4 is 11.8 Å². The highest BCUT2D eigenvalue weighted by atomic mass is 32.2. The topological polar surface area (TPSA) is 26.0 Å².